The zero-order valence-corrected chi connectivity index (χ0v) is 14.9. The number of fused-ring (bicyclic) bond motifs is 1. The Bertz CT molecular complexity index is 920. The molecule has 136 valence electrons. The molecule has 0 bridgehead atoms. The van der Waals surface area contributed by atoms with E-state index in [1.807, 2.05) is 24.3 Å². The van der Waals surface area contributed by atoms with E-state index >= 15 is 0 Å². The molecule has 0 unspecified atom stereocenters. The highest BCUT2D eigenvalue weighted by molar-refractivity contribution is 5.91. The Balaban J connectivity index is 1.88. The second kappa shape index (κ2) is 7.22. The minimum absolute atomic E-state index is 0.222. The van der Waals surface area contributed by atoms with Crippen LogP contribution in [0.15, 0.2) is 30.5 Å². The van der Waals surface area contributed by atoms with E-state index in [1.54, 1.807) is 27.5 Å². The number of nitrogen functional groups attached to an aromatic ring is 2. The lowest BCUT2D eigenvalue weighted by Gasteiger charge is -2.16. The lowest BCUT2D eigenvalue weighted by Crippen LogP contribution is -2.05. The molecule has 3 rings (SSSR count). The van der Waals surface area contributed by atoms with E-state index in [0.717, 1.165) is 16.6 Å². The molecular weight excluding hydrogens is 334 g/mol. The third-order valence-electron chi connectivity index (χ3n) is 4.06. The Kier molecular flexibility index (Phi) is 4.83. The predicted octanol–water partition coefficient (Wildman–Crippen LogP) is 2.43. The van der Waals surface area contributed by atoms with E-state index in [4.69, 9.17) is 25.7 Å². The highest BCUT2D eigenvalue weighted by Crippen LogP contribution is 2.40. The molecule has 0 aliphatic rings. The molecule has 8 nitrogen and oxygen atoms in total. The fourth-order valence-electron chi connectivity index (χ4n) is 2.72. The highest BCUT2D eigenvalue weighted by atomic mass is 16.5. The van der Waals surface area contributed by atoms with Crippen LogP contribution >= 0.6 is 0 Å². The zero-order valence-electron chi connectivity index (χ0n) is 14.9. The molecule has 0 spiro atoms. The molecule has 8 heteroatoms. The van der Waals surface area contributed by atoms with Crippen LogP contribution in [0.25, 0.3) is 10.9 Å². The van der Waals surface area contributed by atoms with Crippen LogP contribution in [0.5, 0.6) is 17.2 Å². The van der Waals surface area contributed by atoms with Crippen LogP contribution in [0.3, 0.4) is 0 Å². The van der Waals surface area contributed by atoms with Crippen LogP contribution in [0.2, 0.25) is 0 Å². The second-order valence-electron chi connectivity index (χ2n) is 5.57. The molecule has 0 aliphatic heterocycles. The summed E-state index contributed by atoms with van der Waals surface area (Å²) in [5.74, 6) is 1.91. The third kappa shape index (κ3) is 3.21. The number of nitrogens with two attached hydrogens (primary N) is 2. The van der Waals surface area contributed by atoms with Gasteiger partial charge < -0.3 is 31.0 Å². The zero-order chi connectivity index (χ0) is 18.7. The molecular formula is C18H21N5O3. The van der Waals surface area contributed by atoms with Gasteiger partial charge in [-0.2, -0.15) is 0 Å². The maximum Gasteiger partial charge on any atom is 0.220 e. The molecule has 1 heterocycles. The standard InChI is InChI=1S/C18H21N5O3/c1-24-14-6-11(7-15(25-2)17(14)26-3)21-8-10-4-5-13-12(16(10)19)9-22-18(20)23-13/h4-7,9,21H,8,19H2,1-3H3,(H2,20,22,23). The number of hydrogen-bond acceptors (Lipinski definition) is 8. The van der Waals surface area contributed by atoms with E-state index in [9.17, 15) is 0 Å². The van der Waals surface area contributed by atoms with Gasteiger partial charge in [-0.25, -0.2) is 9.97 Å². The first-order valence-electron chi connectivity index (χ1n) is 7.90. The van der Waals surface area contributed by atoms with Crippen molar-refractivity contribution in [3.63, 3.8) is 0 Å². The lowest BCUT2D eigenvalue weighted by molar-refractivity contribution is 0.324. The number of methoxy groups -OCH3 is 3. The Morgan fingerprint density at radius 1 is 1.00 bits per heavy atom. The van der Waals surface area contributed by atoms with E-state index < -0.39 is 0 Å². The molecule has 0 saturated heterocycles. The largest absolute Gasteiger partial charge is 0.493 e. The predicted molar refractivity (Wildman–Crippen MR) is 102 cm³/mol. The van der Waals surface area contributed by atoms with Crippen LogP contribution in [-0.4, -0.2) is 31.3 Å². The first-order chi connectivity index (χ1) is 12.6. The smallest absolute Gasteiger partial charge is 0.220 e. The van der Waals surface area contributed by atoms with Gasteiger partial charge in [0.1, 0.15) is 0 Å². The van der Waals surface area contributed by atoms with Crippen molar-refractivity contribution in [1.29, 1.82) is 0 Å². The summed E-state index contributed by atoms with van der Waals surface area (Å²) in [6, 6.07) is 7.45. The maximum absolute atomic E-state index is 6.26. The molecule has 2 aromatic carbocycles. The summed E-state index contributed by atoms with van der Waals surface area (Å²) in [5.41, 5.74) is 14.9. The number of aromatic nitrogens is 2. The molecule has 0 atom stereocenters. The van der Waals surface area contributed by atoms with Gasteiger partial charge in [0.2, 0.25) is 11.7 Å². The van der Waals surface area contributed by atoms with Crippen molar-refractivity contribution in [3.8, 4) is 17.2 Å². The summed E-state index contributed by atoms with van der Waals surface area (Å²) >= 11 is 0. The monoisotopic (exact) mass is 355 g/mol. The van der Waals surface area contributed by atoms with Gasteiger partial charge >= 0.3 is 0 Å². The van der Waals surface area contributed by atoms with Crippen LogP contribution in [-0.2, 0) is 6.54 Å². The van der Waals surface area contributed by atoms with Gasteiger partial charge in [-0.15, -0.1) is 0 Å². The van der Waals surface area contributed by atoms with Gasteiger partial charge in [0.25, 0.3) is 0 Å². The first-order valence-corrected chi connectivity index (χ1v) is 7.90. The van der Waals surface area contributed by atoms with Crippen LogP contribution in [0.4, 0.5) is 17.3 Å². The van der Waals surface area contributed by atoms with Gasteiger partial charge in [-0.1, -0.05) is 6.07 Å². The molecule has 0 saturated carbocycles. The Morgan fingerprint density at radius 2 is 1.69 bits per heavy atom. The maximum atomic E-state index is 6.26. The third-order valence-corrected chi connectivity index (χ3v) is 4.06. The lowest BCUT2D eigenvalue weighted by atomic mass is 10.1. The molecule has 0 aliphatic carbocycles. The topological polar surface area (TPSA) is 118 Å². The fraction of sp³-hybridized carbons (Fsp3) is 0.222. The molecule has 0 radical (unpaired) electrons. The normalized spacial score (nSPS) is 10.6. The molecule has 3 aromatic rings. The minimum Gasteiger partial charge on any atom is -0.493 e. The van der Waals surface area contributed by atoms with Crippen molar-refractivity contribution in [2.45, 2.75) is 6.54 Å². The highest BCUT2D eigenvalue weighted by Gasteiger charge is 2.13. The van der Waals surface area contributed by atoms with Crippen molar-refractivity contribution >= 4 is 28.2 Å². The molecule has 5 N–H and O–H groups in total. The summed E-state index contributed by atoms with van der Waals surface area (Å²) in [4.78, 5) is 8.19. The van der Waals surface area contributed by atoms with Gasteiger partial charge in [-0.3, -0.25) is 0 Å². The molecule has 26 heavy (non-hydrogen) atoms. The number of rotatable bonds is 6. The fourth-order valence-corrected chi connectivity index (χ4v) is 2.72. The van der Waals surface area contributed by atoms with E-state index in [2.05, 4.69) is 15.3 Å². The van der Waals surface area contributed by atoms with Gasteiger partial charge in [0.15, 0.2) is 11.5 Å². The summed E-state index contributed by atoms with van der Waals surface area (Å²) in [5, 5.41) is 4.08. The Labute approximate surface area is 151 Å². The summed E-state index contributed by atoms with van der Waals surface area (Å²) < 4.78 is 16.1. The van der Waals surface area contributed by atoms with Gasteiger partial charge in [-0.05, 0) is 11.6 Å². The van der Waals surface area contributed by atoms with Crippen molar-refractivity contribution in [2.75, 3.05) is 38.1 Å². The van der Waals surface area contributed by atoms with Gasteiger partial charge in [0, 0.05) is 41.6 Å². The quantitative estimate of drug-likeness (QED) is 0.577. The Morgan fingerprint density at radius 3 is 2.31 bits per heavy atom. The Hall–Kier alpha value is -3.42. The second-order valence-corrected chi connectivity index (χ2v) is 5.57. The average Bonchev–Trinajstić information content (AvgIpc) is 2.66. The number of nitrogens with zero attached hydrogens (tertiary/aromatic N) is 2. The van der Waals surface area contributed by atoms with E-state index in [0.29, 0.717) is 35.0 Å². The minimum atomic E-state index is 0.222. The van der Waals surface area contributed by atoms with Crippen LogP contribution in [0.1, 0.15) is 5.56 Å². The van der Waals surface area contributed by atoms with Crippen LogP contribution < -0.4 is 31.0 Å². The average molecular weight is 355 g/mol. The number of hydrogen-bond donors (Lipinski definition) is 3. The van der Waals surface area contributed by atoms with Crippen molar-refractivity contribution in [1.82, 2.24) is 9.97 Å². The van der Waals surface area contributed by atoms with Crippen molar-refractivity contribution in [3.05, 3.63) is 36.0 Å². The van der Waals surface area contributed by atoms with Crippen LogP contribution in [0, 0.1) is 0 Å². The van der Waals surface area contributed by atoms with Gasteiger partial charge in [0.05, 0.1) is 26.8 Å². The van der Waals surface area contributed by atoms with E-state index in [-0.39, 0.29) is 5.95 Å². The number of ether oxygens (including phenoxy) is 3. The summed E-state index contributed by atoms with van der Waals surface area (Å²) in [6.07, 6.45) is 1.63. The summed E-state index contributed by atoms with van der Waals surface area (Å²) in [7, 11) is 4.72. The van der Waals surface area contributed by atoms with Crippen molar-refractivity contribution in [2.24, 2.45) is 0 Å². The number of anilines is 3. The van der Waals surface area contributed by atoms with Crippen molar-refractivity contribution < 1.29 is 14.2 Å². The number of benzene rings is 2. The first kappa shape index (κ1) is 17.4. The molecule has 0 amide bonds. The SMILES string of the molecule is COc1cc(NCc2ccc3nc(N)ncc3c2N)cc(OC)c1OC. The molecule has 1 aromatic heterocycles. The molecule has 0 fully saturated rings. The summed E-state index contributed by atoms with van der Waals surface area (Å²) in [6.45, 7) is 0.505. The van der Waals surface area contributed by atoms with E-state index in [1.165, 1.54) is 0 Å². The number of nitrogens with one attached hydrogen (secondary N) is 1.